The average molecular weight is 653 g/mol. The zero-order valence-corrected chi connectivity index (χ0v) is 23.5. The van der Waals surface area contributed by atoms with Gasteiger partial charge in [-0.05, 0) is 43.3 Å². The molecular weight excluding hydrogens is 638 g/mol. The minimum Gasteiger partial charge on any atom is -0.491 e. The Bertz CT molecular complexity index is 2080. The van der Waals surface area contributed by atoms with Crippen LogP contribution in [0.2, 0.25) is 5.02 Å². The van der Waals surface area contributed by atoms with E-state index in [1.165, 1.54) is 31.2 Å². The second kappa shape index (κ2) is 11.1. The molecule has 3 heterocycles. The summed E-state index contributed by atoms with van der Waals surface area (Å²) in [6.07, 6.45) is -8.56. The van der Waals surface area contributed by atoms with Crippen molar-refractivity contribution in [3.8, 4) is 22.9 Å². The number of benzene rings is 2. The first kappa shape index (κ1) is 30.8. The minimum atomic E-state index is -4.96. The largest absolute Gasteiger partial charge is 0.491 e. The average Bonchev–Trinajstić information content (AvgIpc) is 3.35. The summed E-state index contributed by atoms with van der Waals surface area (Å²) in [6, 6.07) is 8.53. The van der Waals surface area contributed by atoms with Gasteiger partial charge in [0.1, 0.15) is 34.7 Å². The molecule has 0 saturated carbocycles. The van der Waals surface area contributed by atoms with Gasteiger partial charge in [0.2, 0.25) is 0 Å². The number of hydrogen-bond donors (Lipinski definition) is 1. The quantitative estimate of drug-likeness (QED) is 0.191. The van der Waals surface area contributed by atoms with Crippen LogP contribution >= 0.6 is 22.9 Å². The Morgan fingerprint density at radius 3 is 2.48 bits per heavy atom. The second-order valence-corrected chi connectivity index (χ2v) is 10.7. The summed E-state index contributed by atoms with van der Waals surface area (Å²) >= 11 is 6.39. The van der Waals surface area contributed by atoms with Gasteiger partial charge in [0.15, 0.2) is 0 Å². The molecule has 8 nitrogen and oxygen atoms in total. The smallest absolute Gasteiger partial charge is 0.426 e. The molecule has 0 aliphatic rings. The van der Waals surface area contributed by atoms with E-state index >= 15 is 0 Å². The molecule has 0 amide bonds. The molecule has 44 heavy (non-hydrogen) atoms. The van der Waals surface area contributed by atoms with Crippen LogP contribution in [0.1, 0.15) is 32.2 Å². The third-order valence-electron chi connectivity index (χ3n) is 6.55. The maximum atomic E-state index is 13.7. The van der Waals surface area contributed by atoms with Gasteiger partial charge in [-0.1, -0.05) is 11.6 Å². The number of nitrogens with zero attached hydrogens (tertiary/aromatic N) is 4. The maximum absolute atomic E-state index is 13.7. The Hall–Kier alpha value is -4.68. The molecule has 0 atom stereocenters. The van der Waals surface area contributed by atoms with Gasteiger partial charge in [-0.3, -0.25) is 14.3 Å². The number of carbonyl (C=O) groups is 1. The third kappa shape index (κ3) is 5.53. The number of ether oxygens (including phenoxy) is 1. The van der Waals surface area contributed by atoms with E-state index in [1.54, 1.807) is 6.07 Å². The first-order valence-electron chi connectivity index (χ1n) is 12.3. The Labute approximate surface area is 251 Å². The van der Waals surface area contributed by atoms with Gasteiger partial charge in [-0.15, -0.1) is 11.3 Å². The molecule has 0 saturated heterocycles. The van der Waals surface area contributed by atoms with Crippen molar-refractivity contribution in [1.82, 2.24) is 14.5 Å². The summed E-state index contributed by atoms with van der Waals surface area (Å²) in [5, 5.41) is 18.8. The Morgan fingerprint density at radius 2 is 1.84 bits per heavy atom. The van der Waals surface area contributed by atoms with E-state index in [2.05, 4.69) is 9.97 Å². The summed E-state index contributed by atoms with van der Waals surface area (Å²) in [6.45, 7) is 0.995. The molecule has 16 heteroatoms. The van der Waals surface area contributed by atoms with Gasteiger partial charge in [0, 0.05) is 22.3 Å². The number of carboxylic acids is 1. The molecule has 1 N–H and O–H groups in total. The number of carboxylic acid groups (broad SMARTS) is 1. The van der Waals surface area contributed by atoms with Crippen molar-refractivity contribution in [1.29, 1.82) is 5.26 Å². The van der Waals surface area contributed by atoms with Gasteiger partial charge >= 0.3 is 18.3 Å². The first-order valence-corrected chi connectivity index (χ1v) is 13.5. The molecule has 5 rings (SSSR count). The fraction of sp³-hybridized carbons (Fsp3) is 0.179. The van der Waals surface area contributed by atoms with Crippen LogP contribution in [0, 0.1) is 18.3 Å². The van der Waals surface area contributed by atoms with Crippen LogP contribution in [0.4, 0.5) is 26.3 Å². The van der Waals surface area contributed by atoms with Crippen LogP contribution in [0.15, 0.2) is 47.4 Å². The van der Waals surface area contributed by atoms with E-state index in [4.69, 9.17) is 16.3 Å². The van der Waals surface area contributed by atoms with Crippen LogP contribution in [-0.4, -0.2) is 32.2 Å². The number of nitriles is 1. The van der Waals surface area contributed by atoms with Crippen LogP contribution in [0.5, 0.6) is 5.75 Å². The molecule has 0 aliphatic carbocycles. The van der Waals surface area contributed by atoms with Crippen molar-refractivity contribution in [3.63, 3.8) is 0 Å². The summed E-state index contributed by atoms with van der Waals surface area (Å²) < 4.78 is 87.9. The number of thiophene rings is 1. The molecule has 2 aromatic carbocycles. The Balaban J connectivity index is 1.53. The standard InChI is InChI=1S/C28H15ClF6N4O4S/c1-12-38-18-9-14(27(30,31)32)8-13(11-36)20(18)25(40)39(12)6-7-43-19-3-2-15(29)10-17(19)16-4-5-37-22-21(26(41)42)24(28(33,34)35)44-23(16)22/h2-5,8-10H,6-7H2,1H3,(H,41,42). The molecule has 0 radical (unpaired) electrons. The van der Waals surface area contributed by atoms with E-state index in [1.807, 2.05) is 0 Å². The molecule has 0 fully saturated rings. The van der Waals surface area contributed by atoms with Crippen molar-refractivity contribution >= 4 is 50.0 Å². The van der Waals surface area contributed by atoms with Gasteiger partial charge in [0.05, 0.1) is 38.8 Å². The molecule has 3 aromatic heterocycles. The third-order valence-corrected chi connectivity index (χ3v) is 8.04. The topological polar surface area (TPSA) is 118 Å². The van der Waals surface area contributed by atoms with Gasteiger partial charge in [-0.25, -0.2) is 9.78 Å². The van der Waals surface area contributed by atoms with E-state index in [9.17, 15) is 46.3 Å². The predicted octanol–water partition coefficient (Wildman–Crippen LogP) is 7.32. The normalized spacial score (nSPS) is 12.1. The minimum absolute atomic E-state index is 0.0425. The van der Waals surface area contributed by atoms with Gasteiger partial charge < -0.3 is 9.84 Å². The lowest BCUT2D eigenvalue weighted by Crippen LogP contribution is -2.27. The molecular formula is C28H15ClF6N4O4S. The number of fused-ring (bicyclic) bond motifs is 2. The van der Waals surface area contributed by atoms with Crippen LogP contribution < -0.4 is 10.3 Å². The molecule has 0 unspecified atom stereocenters. The number of aromatic nitrogens is 3. The summed E-state index contributed by atoms with van der Waals surface area (Å²) in [4.78, 5) is 31.6. The van der Waals surface area contributed by atoms with E-state index in [0.29, 0.717) is 12.1 Å². The molecule has 0 spiro atoms. The SMILES string of the molecule is Cc1nc2cc(C(F)(F)F)cc(C#N)c2c(=O)n1CCOc1ccc(Cl)cc1-c1ccnc2c(C(=O)O)c(C(F)(F)F)sc12. The van der Waals surface area contributed by atoms with Crippen molar-refractivity contribution < 1.29 is 41.0 Å². The fourth-order valence-corrected chi connectivity index (χ4v) is 5.97. The van der Waals surface area contributed by atoms with Crippen molar-refractivity contribution in [2.45, 2.75) is 25.8 Å². The number of aryl methyl sites for hydroxylation is 1. The van der Waals surface area contributed by atoms with E-state index in [0.717, 1.165) is 10.8 Å². The summed E-state index contributed by atoms with van der Waals surface area (Å²) in [5.74, 6) is -1.64. The number of pyridine rings is 1. The highest BCUT2D eigenvalue weighted by Crippen LogP contribution is 2.46. The number of hydrogen-bond acceptors (Lipinski definition) is 7. The van der Waals surface area contributed by atoms with Crippen molar-refractivity contribution in [2.24, 2.45) is 0 Å². The Kier molecular flexibility index (Phi) is 7.77. The van der Waals surface area contributed by atoms with Crippen LogP contribution in [-0.2, 0) is 18.9 Å². The molecule has 0 aliphatic heterocycles. The van der Waals surface area contributed by atoms with E-state index < -0.39 is 45.4 Å². The highest BCUT2D eigenvalue weighted by Gasteiger charge is 2.40. The maximum Gasteiger partial charge on any atom is 0.426 e. The van der Waals surface area contributed by atoms with Crippen LogP contribution in [0.25, 0.3) is 32.2 Å². The molecule has 226 valence electrons. The number of alkyl halides is 6. The lowest BCUT2D eigenvalue weighted by atomic mass is 10.0. The highest BCUT2D eigenvalue weighted by molar-refractivity contribution is 7.20. The zero-order valence-electron chi connectivity index (χ0n) is 22.0. The fourth-order valence-electron chi connectivity index (χ4n) is 4.66. The monoisotopic (exact) mass is 652 g/mol. The molecule has 0 bridgehead atoms. The number of rotatable bonds is 6. The Morgan fingerprint density at radius 1 is 1.11 bits per heavy atom. The van der Waals surface area contributed by atoms with Crippen LogP contribution in [0.3, 0.4) is 0 Å². The summed E-state index contributed by atoms with van der Waals surface area (Å²) in [5.41, 5.74) is -3.68. The zero-order chi connectivity index (χ0) is 32.1. The van der Waals surface area contributed by atoms with Gasteiger partial charge in [0.25, 0.3) is 5.56 Å². The predicted molar refractivity (Wildman–Crippen MR) is 148 cm³/mol. The molecule has 5 aromatic rings. The number of halogens is 7. The number of aromatic carboxylic acids is 1. The summed E-state index contributed by atoms with van der Waals surface area (Å²) in [7, 11) is 0. The van der Waals surface area contributed by atoms with Crippen molar-refractivity contribution in [3.05, 3.63) is 85.4 Å². The van der Waals surface area contributed by atoms with Gasteiger partial charge in [-0.2, -0.15) is 31.6 Å². The lowest BCUT2D eigenvalue weighted by molar-refractivity contribution is -0.137. The van der Waals surface area contributed by atoms with E-state index in [-0.39, 0.29) is 73.3 Å². The van der Waals surface area contributed by atoms with Crippen molar-refractivity contribution in [2.75, 3.05) is 6.61 Å². The highest BCUT2D eigenvalue weighted by atomic mass is 35.5. The first-order chi connectivity index (χ1) is 20.6. The second-order valence-electron chi connectivity index (χ2n) is 9.28. The lowest BCUT2D eigenvalue weighted by Gasteiger charge is -2.16.